The van der Waals surface area contributed by atoms with Crippen LogP contribution >= 0.6 is 0 Å². The van der Waals surface area contributed by atoms with Crippen LogP contribution in [0.25, 0.3) is 0 Å². The van der Waals surface area contributed by atoms with Gasteiger partial charge in [0.2, 0.25) is 5.91 Å². The number of ether oxygens (including phenoxy) is 1. The zero-order valence-electron chi connectivity index (χ0n) is 12.8. The number of rotatable bonds is 7. The molecule has 1 aromatic rings. The average molecular weight is 293 g/mol. The molecule has 5 nitrogen and oxygen atoms in total. The molecule has 0 bridgehead atoms. The third-order valence-electron chi connectivity index (χ3n) is 3.45. The Hall–Kier alpha value is -1.88. The molecule has 0 aromatic heterocycles. The van der Waals surface area contributed by atoms with Gasteiger partial charge in [0.25, 0.3) is 0 Å². The third kappa shape index (κ3) is 5.19. The SMILES string of the molecule is CCOC(=O)CCC(=O)N(C)C(C)C(O)c1ccccc1. The normalized spacial score (nSPS) is 13.3. The predicted octanol–water partition coefficient (Wildman–Crippen LogP) is 1.91. The Balaban J connectivity index is 2.55. The van der Waals surface area contributed by atoms with E-state index in [0.717, 1.165) is 5.56 Å². The first-order valence-electron chi connectivity index (χ1n) is 7.11. The van der Waals surface area contributed by atoms with Crippen LogP contribution in [-0.4, -0.2) is 41.6 Å². The van der Waals surface area contributed by atoms with Crippen molar-refractivity contribution in [2.45, 2.75) is 38.8 Å². The number of nitrogens with zero attached hydrogens (tertiary/aromatic N) is 1. The van der Waals surface area contributed by atoms with Crippen molar-refractivity contribution in [2.24, 2.45) is 0 Å². The first-order valence-corrected chi connectivity index (χ1v) is 7.11. The second-order valence-electron chi connectivity index (χ2n) is 4.91. The maximum atomic E-state index is 12.0. The van der Waals surface area contributed by atoms with Crippen molar-refractivity contribution in [3.05, 3.63) is 35.9 Å². The van der Waals surface area contributed by atoms with Crippen molar-refractivity contribution in [3.8, 4) is 0 Å². The maximum absolute atomic E-state index is 12.0. The Kier molecular flexibility index (Phi) is 6.88. The lowest BCUT2D eigenvalue weighted by atomic mass is 10.0. The average Bonchev–Trinajstić information content (AvgIpc) is 2.51. The van der Waals surface area contributed by atoms with Gasteiger partial charge in [-0.05, 0) is 19.4 Å². The van der Waals surface area contributed by atoms with Crippen LogP contribution in [-0.2, 0) is 14.3 Å². The molecule has 2 unspecified atom stereocenters. The summed E-state index contributed by atoms with van der Waals surface area (Å²) < 4.78 is 4.79. The highest BCUT2D eigenvalue weighted by atomic mass is 16.5. The minimum atomic E-state index is -0.761. The number of esters is 1. The van der Waals surface area contributed by atoms with E-state index in [4.69, 9.17) is 4.74 Å². The summed E-state index contributed by atoms with van der Waals surface area (Å²) in [6, 6.07) is 8.81. The maximum Gasteiger partial charge on any atom is 0.306 e. The van der Waals surface area contributed by atoms with Crippen molar-refractivity contribution in [1.82, 2.24) is 4.90 Å². The van der Waals surface area contributed by atoms with Gasteiger partial charge in [0.1, 0.15) is 0 Å². The number of hydrogen-bond acceptors (Lipinski definition) is 4. The van der Waals surface area contributed by atoms with Crippen molar-refractivity contribution in [2.75, 3.05) is 13.7 Å². The second kappa shape index (κ2) is 8.42. The van der Waals surface area contributed by atoms with Gasteiger partial charge in [-0.2, -0.15) is 0 Å². The van der Waals surface area contributed by atoms with Crippen LogP contribution in [0.15, 0.2) is 30.3 Å². The number of aliphatic hydroxyl groups excluding tert-OH is 1. The van der Waals surface area contributed by atoms with Gasteiger partial charge in [-0.1, -0.05) is 30.3 Å². The summed E-state index contributed by atoms with van der Waals surface area (Å²) in [5, 5.41) is 10.3. The summed E-state index contributed by atoms with van der Waals surface area (Å²) in [6.07, 6.45) is -0.616. The molecule has 1 rings (SSSR count). The summed E-state index contributed by atoms with van der Waals surface area (Å²) in [5.41, 5.74) is 0.759. The Bertz CT molecular complexity index is 461. The molecule has 5 heteroatoms. The first-order chi connectivity index (χ1) is 9.97. The molecule has 0 spiro atoms. The molecule has 0 fully saturated rings. The van der Waals surface area contributed by atoms with Gasteiger partial charge in [-0.15, -0.1) is 0 Å². The summed E-state index contributed by atoms with van der Waals surface area (Å²) in [6.45, 7) is 3.82. The molecule has 0 aliphatic carbocycles. The van der Waals surface area contributed by atoms with Crippen LogP contribution in [0.5, 0.6) is 0 Å². The van der Waals surface area contributed by atoms with Crippen molar-refractivity contribution in [3.63, 3.8) is 0 Å². The van der Waals surface area contributed by atoms with Gasteiger partial charge < -0.3 is 14.7 Å². The van der Waals surface area contributed by atoms with Crippen LogP contribution in [0.4, 0.5) is 0 Å². The molecule has 116 valence electrons. The van der Waals surface area contributed by atoms with E-state index in [1.807, 2.05) is 30.3 Å². The second-order valence-corrected chi connectivity index (χ2v) is 4.91. The van der Waals surface area contributed by atoms with E-state index >= 15 is 0 Å². The quantitative estimate of drug-likeness (QED) is 0.780. The molecule has 0 heterocycles. The van der Waals surface area contributed by atoms with Crippen LogP contribution in [0.3, 0.4) is 0 Å². The number of aliphatic hydroxyl groups is 1. The fourth-order valence-electron chi connectivity index (χ4n) is 1.99. The molecule has 0 aliphatic heterocycles. The highest BCUT2D eigenvalue weighted by Crippen LogP contribution is 2.20. The molecular formula is C16H23NO4. The lowest BCUT2D eigenvalue weighted by Gasteiger charge is -2.29. The van der Waals surface area contributed by atoms with Crippen molar-refractivity contribution >= 4 is 11.9 Å². The molecule has 1 amide bonds. The largest absolute Gasteiger partial charge is 0.466 e. The molecule has 21 heavy (non-hydrogen) atoms. The number of hydrogen-bond donors (Lipinski definition) is 1. The van der Waals surface area contributed by atoms with E-state index in [1.54, 1.807) is 20.9 Å². The van der Waals surface area contributed by atoms with Gasteiger partial charge in [-0.25, -0.2) is 0 Å². The minimum Gasteiger partial charge on any atom is -0.466 e. The van der Waals surface area contributed by atoms with Crippen molar-refractivity contribution < 1.29 is 19.4 Å². The molecule has 2 atom stereocenters. The van der Waals surface area contributed by atoms with Gasteiger partial charge in [0.15, 0.2) is 0 Å². The van der Waals surface area contributed by atoms with Gasteiger partial charge in [0, 0.05) is 13.5 Å². The monoisotopic (exact) mass is 293 g/mol. The smallest absolute Gasteiger partial charge is 0.306 e. The van der Waals surface area contributed by atoms with Crippen LogP contribution in [0.1, 0.15) is 38.4 Å². The highest BCUT2D eigenvalue weighted by molar-refractivity contribution is 5.81. The van der Waals surface area contributed by atoms with Gasteiger partial charge in [-0.3, -0.25) is 9.59 Å². The Morgan fingerprint density at radius 2 is 1.86 bits per heavy atom. The summed E-state index contributed by atoms with van der Waals surface area (Å²) in [4.78, 5) is 24.8. The van der Waals surface area contributed by atoms with E-state index in [0.29, 0.717) is 6.61 Å². The number of carbonyl (C=O) groups is 2. The van der Waals surface area contributed by atoms with Gasteiger partial charge >= 0.3 is 5.97 Å². The number of amides is 1. The zero-order valence-corrected chi connectivity index (χ0v) is 12.8. The third-order valence-corrected chi connectivity index (χ3v) is 3.45. The van der Waals surface area contributed by atoms with E-state index in [-0.39, 0.29) is 30.8 Å². The minimum absolute atomic E-state index is 0.0607. The van der Waals surface area contributed by atoms with Gasteiger partial charge in [0.05, 0.1) is 25.2 Å². The highest BCUT2D eigenvalue weighted by Gasteiger charge is 2.24. The number of carbonyl (C=O) groups excluding carboxylic acids is 2. The Morgan fingerprint density at radius 1 is 1.24 bits per heavy atom. The number of likely N-dealkylation sites (N-methyl/N-ethyl adjacent to an activating group) is 1. The van der Waals surface area contributed by atoms with E-state index in [2.05, 4.69) is 0 Å². The molecule has 0 aliphatic rings. The molecule has 0 radical (unpaired) electrons. The predicted molar refractivity (Wildman–Crippen MR) is 79.5 cm³/mol. The molecule has 0 saturated carbocycles. The summed E-state index contributed by atoms with van der Waals surface area (Å²) >= 11 is 0. The van der Waals surface area contributed by atoms with Crippen LogP contribution < -0.4 is 0 Å². The topological polar surface area (TPSA) is 66.8 Å². The lowest BCUT2D eigenvalue weighted by Crippen LogP contribution is -2.39. The standard InChI is InChI=1S/C16H23NO4/c1-4-21-15(19)11-10-14(18)17(3)12(2)16(20)13-8-6-5-7-9-13/h5-9,12,16,20H,4,10-11H2,1-3H3. The Labute approximate surface area is 125 Å². The first kappa shape index (κ1) is 17.2. The van der Waals surface area contributed by atoms with Crippen LogP contribution in [0.2, 0.25) is 0 Å². The molecule has 1 aromatic carbocycles. The fraction of sp³-hybridized carbons (Fsp3) is 0.500. The number of benzene rings is 1. The summed E-state index contributed by atoms with van der Waals surface area (Å²) in [5.74, 6) is -0.568. The van der Waals surface area contributed by atoms with Crippen molar-refractivity contribution in [1.29, 1.82) is 0 Å². The lowest BCUT2D eigenvalue weighted by molar-refractivity contribution is -0.146. The molecule has 0 saturated heterocycles. The zero-order chi connectivity index (χ0) is 15.8. The van der Waals surface area contributed by atoms with E-state index in [1.165, 1.54) is 4.90 Å². The summed E-state index contributed by atoms with van der Waals surface area (Å²) in [7, 11) is 1.63. The van der Waals surface area contributed by atoms with E-state index in [9.17, 15) is 14.7 Å². The molecular weight excluding hydrogens is 270 g/mol. The Morgan fingerprint density at radius 3 is 2.43 bits per heavy atom. The molecule has 1 N–H and O–H groups in total. The van der Waals surface area contributed by atoms with Crippen LogP contribution in [0, 0.1) is 0 Å². The fourth-order valence-corrected chi connectivity index (χ4v) is 1.99. The van der Waals surface area contributed by atoms with E-state index < -0.39 is 6.10 Å².